The molecule has 2 saturated heterocycles. The number of carbonyl (C=O) groups excluding carboxylic acids is 3. The smallest absolute Gasteiger partial charge is 0.259 e. The number of rotatable bonds is 3. The van der Waals surface area contributed by atoms with Gasteiger partial charge in [0.15, 0.2) is 5.67 Å². The first-order chi connectivity index (χ1) is 15.2. The van der Waals surface area contributed by atoms with Crippen LogP contribution in [0.5, 0.6) is 5.75 Å². The summed E-state index contributed by atoms with van der Waals surface area (Å²) in [7, 11) is 0. The molecular formula is C23H31FN4O4. The number of nitrogens with one attached hydrogen (secondary N) is 1. The molecule has 174 valence electrons. The van der Waals surface area contributed by atoms with Crippen molar-refractivity contribution < 1.29 is 23.5 Å². The first kappa shape index (κ1) is 22.5. The Morgan fingerprint density at radius 2 is 1.94 bits per heavy atom. The number of hydrogen-bond donors (Lipinski definition) is 2. The molecule has 1 aromatic rings. The van der Waals surface area contributed by atoms with E-state index in [0.717, 1.165) is 11.3 Å². The summed E-state index contributed by atoms with van der Waals surface area (Å²) in [5.41, 5.74) is 5.03. The maximum atomic E-state index is 14.2. The van der Waals surface area contributed by atoms with E-state index in [0.29, 0.717) is 38.8 Å². The Kier molecular flexibility index (Phi) is 6.11. The van der Waals surface area contributed by atoms with E-state index in [-0.39, 0.29) is 30.4 Å². The highest BCUT2D eigenvalue weighted by atomic mass is 19.1. The minimum absolute atomic E-state index is 0.0596. The van der Waals surface area contributed by atoms with Crippen LogP contribution in [0.25, 0.3) is 0 Å². The fourth-order valence-electron chi connectivity index (χ4n) is 4.98. The second-order valence-corrected chi connectivity index (χ2v) is 9.35. The van der Waals surface area contributed by atoms with Crippen LogP contribution in [0, 0.1) is 0 Å². The molecule has 3 heterocycles. The summed E-state index contributed by atoms with van der Waals surface area (Å²) >= 11 is 0. The number of carbonyl (C=O) groups is 3. The zero-order valence-corrected chi connectivity index (χ0v) is 18.6. The fourth-order valence-corrected chi connectivity index (χ4v) is 4.98. The Hall–Kier alpha value is -2.68. The Balaban J connectivity index is 1.48. The lowest BCUT2D eigenvalue weighted by atomic mass is 10.00. The van der Waals surface area contributed by atoms with Gasteiger partial charge < -0.3 is 25.6 Å². The molecule has 4 rings (SSSR count). The number of amides is 3. The lowest BCUT2D eigenvalue weighted by Crippen LogP contribution is -2.60. The molecule has 4 atom stereocenters. The van der Waals surface area contributed by atoms with Gasteiger partial charge in [0.1, 0.15) is 17.8 Å². The second kappa shape index (κ2) is 8.69. The monoisotopic (exact) mass is 446 g/mol. The van der Waals surface area contributed by atoms with Crippen LogP contribution >= 0.6 is 0 Å². The molecule has 1 aromatic carbocycles. The van der Waals surface area contributed by atoms with E-state index in [1.54, 1.807) is 4.90 Å². The molecule has 2 fully saturated rings. The predicted molar refractivity (Wildman–Crippen MR) is 115 cm³/mol. The average molecular weight is 447 g/mol. The van der Waals surface area contributed by atoms with E-state index in [1.807, 2.05) is 24.3 Å². The van der Waals surface area contributed by atoms with E-state index in [2.05, 4.69) is 5.32 Å². The predicted octanol–water partition coefficient (Wildman–Crippen LogP) is 1.29. The van der Waals surface area contributed by atoms with Gasteiger partial charge in [-0.2, -0.15) is 0 Å². The van der Waals surface area contributed by atoms with Crippen molar-refractivity contribution in [2.24, 2.45) is 5.73 Å². The molecule has 0 bridgehead atoms. The summed E-state index contributed by atoms with van der Waals surface area (Å²) in [4.78, 5) is 41.8. The lowest BCUT2D eigenvalue weighted by Gasteiger charge is -2.38. The first-order valence-electron chi connectivity index (χ1n) is 11.2. The standard InChI is InChI=1S/C23H31FN4O4/c1-23(2,24)22(31)27-11-9-14-7-8-18(28(14)21(30)16(25)13-27)20(29)26-17-10-12-32-19-6-4-3-5-15(17)19/h3-6,14,16-18H,7-13,25H2,1-2H3,(H,26,29)/t14-,16+,17-,18+/m1/s1. The van der Waals surface area contributed by atoms with Crippen molar-refractivity contribution in [2.75, 3.05) is 19.7 Å². The Morgan fingerprint density at radius 1 is 1.19 bits per heavy atom. The molecule has 3 aliphatic heterocycles. The van der Waals surface area contributed by atoms with Gasteiger partial charge in [0.05, 0.1) is 12.6 Å². The zero-order chi connectivity index (χ0) is 23.0. The molecule has 0 aromatic heterocycles. The zero-order valence-electron chi connectivity index (χ0n) is 18.6. The molecule has 3 N–H and O–H groups in total. The SMILES string of the molecule is CC(C)(F)C(=O)N1CC[C@H]2CC[C@@H](C(=O)N[C@@H]3CCOc4ccccc43)N2C(=O)[C@@H](N)C1. The maximum Gasteiger partial charge on any atom is 0.259 e. The molecule has 0 aliphatic carbocycles. The van der Waals surface area contributed by atoms with E-state index in [1.165, 1.54) is 18.7 Å². The lowest BCUT2D eigenvalue weighted by molar-refractivity contribution is -0.148. The molecule has 0 radical (unpaired) electrons. The normalized spacial score (nSPS) is 28.2. The summed E-state index contributed by atoms with van der Waals surface area (Å²) in [5.74, 6) is -0.472. The number of benzene rings is 1. The molecule has 3 amide bonds. The summed E-state index contributed by atoms with van der Waals surface area (Å²) < 4.78 is 19.9. The van der Waals surface area contributed by atoms with Gasteiger partial charge in [-0.15, -0.1) is 0 Å². The summed E-state index contributed by atoms with van der Waals surface area (Å²) in [5, 5.41) is 3.10. The van der Waals surface area contributed by atoms with Crippen LogP contribution in [0.4, 0.5) is 4.39 Å². The van der Waals surface area contributed by atoms with Gasteiger partial charge in [-0.1, -0.05) is 18.2 Å². The van der Waals surface area contributed by atoms with Gasteiger partial charge in [0.25, 0.3) is 5.91 Å². The van der Waals surface area contributed by atoms with Crippen molar-refractivity contribution in [3.8, 4) is 5.75 Å². The van der Waals surface area contributed by atoms with E-state index < -0.39 is 23.7 Å². The highest BCUT2D eigenvalue weighted by molar-refractivity contribution is 5.92. The minimum Gasteiger partial charge on any atom is -0.493 e. The quantitative estimate of drug-likeness (QED) is 0.728. The Labute approximate surface area is 187 Å². The summed E-state index contributed by atoms with van der Waals surface area (Å²) in [6.07, 6.45) is 2.32. The van der Waals surface area contributed by atoms with Crippen LogP contribution in [-0.2, 0) is 14.4 Å². The molecule has 8 nitrogen and oxygen atoms in total. The third-order valence-corrected chi connectivity index (χ3v) is 6.60. The van der Waals surface area contributed by atoms with Crippen LogP contribution in [-0.4, -0.2) is 71.0 Å². The Morgan fingerprint density at radius 3 is 2.69 bits per heavy atom. The fraction of sp³-hybridized carbons (Fsp3) is 0.609. The minimum atomic E-state index is -2.03. The number of halogens is 1. The van der Waals surface area contributed by atoms with Gasteiger partial charge in [-0.05, 0) is 39.2 Å². The third-order valence-electron chi connectivity index (χ3n) is 6.60. The highest BCUT2D eigenvalue weighted by Crippen LogP contribution is 2.34. The van der Waals surface area contributed by atoms with Crippen molar-refractivity contribution >= 4 is 17.7 Å². The average Bonchev–Trinajstić information content (AvgIpc) is 3.17. The van der Waals surface area contributed by atoms with Crippen molar-refractivity contribution in [2.45, 2.75) is 69.4 Å². The molecule has 0 saturated carbocycles. The number of ether oxygens (including phenoxy) is 1. The number of fused-ring (bicyclic) bond motifs is 2. The van der Waals surface area contributed by atoms with Crippen molar-refractivity contribution in [1.82, 2.24) is 15.1 Å². The number of nitrogens with zero attached hydrogens (tertiary/aromatic N) is 2. The van der Waals surface area contributed by atoms with Gasteiger partial charge in [0.2, 0.25) is 11.8 Å². The van der Waals surface area contributed by atoms with E-state index in [4.69, 9.17) is 10.5 Å². The van der Waals surface area contributed by atoms with Gasteiger partial charge >= 0.3 is 0 Å². The Bertz CT molecular complexity index is 902. The van der Waals surface area contributed by atoms with Crippen molar-refractivity contribution in [3.63, 3.8) is 0 Å². The number of para-hydroxylation sites is 1. The van der Waals surface area contributed by atoms with Crippen molar-refractivity contribution in [1.29, 1.82) is 0 Å². The summed E-state index contributed by atoms with van der Waals surface area (Å²) in [6.45, 7) is 3.17. The molecule has 9 heteroatoms. The van der Waals surface area contributed by atoms with Crippen molar-refractivity contribution in [3.05, 3.63) is 29.8 Å². The molecule has 0 unspecified atom stereocenters. The van der Waals surface area contributed by atoms with Crippen LogP contribution < -0.4 is 15.8 Å². The van der Waals surface area contributed by atoms with Gasteiger partial charge in [-0.25, -0.2) is 4.39 Å². The van der Waals surface area contributed by atoms with E-state index in [9.17, 15) is 18.8 Å². The third kappa shape index (κ3) is 4.30. The number of hydrogen-bond acceptors (Lipinski definition) is 5. The van der Waals surface area contributed by atoms with E-state index >= 15 is 0 Å². The van der Waals surface area contributed by atoms with Gasteiger partial charge in [0, 0.05) is 31.1 Å². The largest absolute Gasteiger partial charge is 0.493 e. The number of alkyl halides is 1. The van der Waals surface area contributed by atoms with Gasteiger partial charge in [-0.3, -0.25) is 14.4 Å². The van der Waals surface area contributed by atoms with Crippen LogP contribution in [0.2, 0.25) is 0 Å². The second-order valence-electron chi connectivity index (χ2n) is 9.35. The number of nitrogens with two attached hydrogens (primary N) is 1. The topological polar surface area (TPSA) is 105 Å². The molecule has 3 aliphatic rings. The molecule has 0 spiro atoms. The van der Waals surface area contributed by atoms with Crippen LogP contribution in [0.1, 0.15) is 51.1 Å². The summed E-state index contributed by atoms with van der Waals surface area (Å²) in [6, 6.07) is 5.63. The molecular weight excluding hydrogens is 415 g/mol. The first-order valence-corrected chi connectivity index (χ1v) is 11.2. The maximum absolute atomic E-state index is 14.2. The highest BCUT2D eigenvalue weighted by Gasteiger charge is 2.45. The molecule has 32 heavy (non-hydrogen) atoms. The van der Waals surface area contributed by atoms with Crippen LogP contribution in [0.15, 0.2) is 24.3 Å². The van der Waals surface area contributed by atoms with Crippen LogP contribution in [0.3, 0.4) is 0 Å².